The molecular weight excluding hydrogens is 334 g/mol. The number of nitrogens with one attached hydrogen (secondary N) is 1. The first kappa shape index (κ1) is 17.1. The zero-order chi connectivity index (χ0) is 18.0. The first-order valence-electron chi connectivity index (χ1n) is 7.89. The van der Waals surface area contributed by atoms with Crippen LogP contribution in [-0.4, -0.2) is 22.1 Å². The van der Waals surface area contributed by atoms with Gasteiger partial charge in [-0.25, -0.2) is 4.21 Å². The average Bonchev–Trinajstić information content (AvgIpc) is 2.94. The lowest BCUT2D eigenvalue weighted by atomic mass is 10.1. The van der Waals surface area contributed by atoms with Crippen LogP contribution < -0.4 is 9.46 Å². The molecule has 0 fully saturated rings. The number of ether oxygens (including phenoxy) is 1. The van der Waals surface area contributed by atoms with Crippen molar-refractivity contribution in [1.29, 1.82) is 5.26 Å². The Morgan fingerprint density at radius 3 is 2.52 bits per heavy atom. The lowest BCUT2D eigenvalue weighted by molar-refractivity contribution is 0.415. The first-order chi connectivity index (χ1) is 12.1. The third kappa shape index (κ3) is 3.11. The summed E-state index contributed by atoms with van der Waals surface area (Å²) < 4.78 is 21.6. The molecule has 0 bridgehead atoms. The molecule has 0 saturated carbocycles. The van der Waals surface area contributed by atoms with Crippen LogP contribution in [0.25, 0.3) is 22.2 Å². The SMILES string of the molecule is CCn1c(-c2ccc(NS(C)=O)cc2)c(C#N)c2ccc(OC)cc21. The van der Waals surface area contributed by atoms with Crippen LogP contribution in [0.1, 0.15) is 12.5 Å². The summed E-state index contributed by atoms with van der Waals surface area (Å²) in [6, 6.07) is 15.7. The van der Waals surface area contributed by atoms with Crippen LogP contribution in [0, 0.1) is 11.3 Å². The lowest BCUT2D eigenvalue weighted by Gasteiger charge is -2.10. The maximum absolute atomic E-state index is 11.3. The largest absolute Gasteiger partial charge is 0.497 e. The van der Waals surface area contributed by atoms with Crippen molar-refractivity contribution in [2.45, 2.75) is 13.5 Å². The molecule has 0 aliphatic heterocycles. The summed E-state index contributed by atoms with van der Waals surface area (Å²) in [7, 11) is 0.518. The molecule has 1 N–H and O–H groups in total. The quantitative estimate of drug-likeness (QED) is 0.756. The summed E-state index contributed by atoms with van der Waals surface area (Å²) in [6.07, 6.45) is 1.59. The molecule has 0 spiro atoms. The lowest BCUT2D eigenvalue weighted by Crippen LogP contribution is -2.01. The fraction of sp³-hybridized carbons (Fsp3) is 0.211. The van der Waals surface area contributed by atoms with Gasteiger partial charge < -0.3 is 14.0 Å². The fourth-order valence-corrected chi connectivity index (χ4v) is 3.53. The molecule has 1 heterocycles. The predicted octanol–water partition coefficient (Wildman–Crippen LogP) is 3.91. The van der Waals surface area contributed by atoms with Crippen molar-refractivity contribution in [2.75, 3.05) is 18.1 Å². The number of rotatable bonds is 5. The van der Waals surface area contributed by atoms with Crippen molar-refractivity contribution in [3.8, 4) is 23.1 Å². The number of nitriles is 1. The summed E-state index contributed by atoms with van der Waals surface area (Å²) in [5.74, 6) is 0.765. The van der Waals surface area contributed by atoms with Gasteiger partial charge >= 0.3 is 0 Å². The normalized spacial score (nSPS) is 11.9. The van der Waals surface area contributed by atoms with Crippen LogP contribution in [0.5, 0.6) is 5.75 Å². The van der Waals surface area contributed by atoms with E-state index in [9.17, 15) is 9.47 Å². The molecule has 0 aliphatic carbocycles. The maximum Gasteiger partial charge on any atom is 0.120 e. The van der Waals surface area contributed by atoms with Gasteiger partial charge in [-0.05, 0) is 36.8 Å². The molecule has 1 aromatic heterocycles. The van der Waals surface area contributed by atoms with Gasteiger partial charge in [-0.3, -0.25) is 0 Å². The Kier molecular flexibility index (Phi) is 4.77. The number of aryl methyl sites for hydroxylation is 1. The molecule has 0 saturated heterocycles. The van der Waals surface area contributed by atoms with Crippen molar-refractivity contribution < 1.29 is 8.95 Å². The minimum Gasteiger partial charge on any atom is -0.497 e. The number of methoxy groups -OCH3 is 1. The first-order valence-corrected chi connectivity index (χ1v) is 9.45. The Hall–Kier alpha value is -2.78. The molecule has 1 unspecified atom stereocenters. The zero-order valence-electron chi connectivity index (χ0n) is 14.4. The molecule has 1 atom stereocenters. The van der Waals surface area contributed by atoms with Crippen LogP contribution in [0.2, 0.25) is 0 Å². The number of aromatic nitrogens is 1. The second kappa shape index (κ2) is 6.99. The van der Waals surface area contributed by atoms with E-state index in [4.69, 9.17) is 4.74 Å². The molecule has 25 heavy (non-hydrogen) atoms. The van der Waals surface area contributed by atoms with E-state index in [0.717, 1.165) is 40.1 Å². The van der Waals surface area contributed by atoms with Crippen molar-refractivity contribution in [3.05, 3.63) is 48.0 Å². The van der Waals surface area contributed by atoms with E-state index in [1.54, 1.807) is 13.4 Å². The van der Waals surface area contributed by atoms with Crippen LogP contribution in [0.15, 0.2) is 42.5 Å². The smallest absolute Gasteiger partial charge is 0.120 e. The summed E-state index contributed by atoms with van der Waals surface area (Å²) in [6.45, 7) is 2.79. The van der Waals surface area contributed by atoms with Gasteiger partial charge in [0.1, 0.15) is 22.8 Å². The van der Waals surface area contributed by atoms with Gasteiger partial charge in [0.2, 0.25) is 0 Å². The predicted molar refractivity (Wildman–Crippen MR) is 102 cm³/mol. The second-order valence-electron chi connectivity index (χ2n) is 5.60. The van der Waals surface area contributed by atoms with Gasteiger partial charge in [-0.2, -0.15) is 5.26 Å². The van der Waals surface area contributed by atoms with E-state index < -0.39 is 11.0 Å². The summed E-state index contributed by atoms with van der Waals surface area (Å²) in [5.41, 5.74) is 4.24. The molecule has 0 radical (unpaired) electrons. The van der Waals surface area contributed by atoms with Crippen LogP contribution in [-0.2, 0) is 17.5 Å². The van der Waals surface area contributed by atoms with Gasteiger partial charge in [-0.15, -0.1) is 0 Å². The van der Waals surface area contributed by atoms with Crippen LogP contribution in [0.3, 0.4) is 0 Å². The van der Waals surface area contributed by atoms with Gasteiger partial charge in [-0.1, -0.05) is 12.1 Å². The molecule has 3 aromatic rings. The second-order valence-corrected chi connectivity index (χ2v) is 6.71. The van der Waals surface area contributed by atoms with Crippen LogP contribution >= 0.6 is 0 Å². The van der Waals surface area contributed by atoms with Crippen molar-refractivity contribution in [1.82, 2.24) is 4.57 Å². The Labute approximate surface area is 149 Å². The highest BCUT2D eigenvalue weighted by Crippen LogP contribution is 2.35. The summed E-state index contributed by atoms with van der Waals surface area (Å²) >= 11 is 0. The van der Waals surface area contributed by atoms with E-state index in [-0.39, 0.29) is 0 Å². The number of anilines is 1. The maximum atomic E-state index is 11.3. The molecule has 6 heteroatoms. The third-order valence-corrected chi connectivity index (χ3v) is 4.64. The minimum absolute atomic E-state index is 0.652. The number of nitrogens with zero attached hydrogens (tertiary/aromatic N) is 2. The van der Waals surface area contributed by atoms with Gasteiger partial charge in [0.05, 0.1) is 23.9 Å². The number of hydrogen-bond acceptors (Lipinski definition) is 3. The molecule has 3 rings (SSSR count). The highest BCUT2D eigenvalue weighted by Gasteiger charge is 2.18. The third-order valence-electron chi connectivity index (χ3n) is 4.12. The highest BCUT2D eigenvalue weighted by molar-refractivity contribution is 7.85. The number of fused-ring (bicyclic) bond motifs is 1. The van der Waals surface area contributed by atoms with E-state index >= 15 is 0 Å². The molecule has 5 nitrogen and oxygen atoms in total. The Bertz CT molecular complexity index is 985. The fourth-order valence-electron chi connectivity index (χ4n) is 3.06. The Balaban J connectivity index is 2.21. The number of benzene rings is 2. The van der Waals surface area contributed by atoms with Crippen LogP contribution in [0.4, 0.5) is 5.69 Å². The van der Waals surface area contributed by atoms with Gasteiger partial charge in [0.25, 0.3) is 0 Å². The molecule has 0 aliphatic rings. The monoisotopic (exact) mass is 353 g/mol. The van der Waals surface area contributed by atoms with Gasteiger partial charge in [0.15, 0.2) is 0 Å². The van der Waals surface area contributed by atoms with Crippen molar-refractivity contribution >= 4 is 27.6 Å². The molecule has 2 aromatic carbocycles. The molecule has 128 valence electrons. The Morgan fingerprint density at radius 1 is 1.24 bits per heavy atom. The van der Waals surface area contributed by atoms with E-state index in [1.165, 1.54) is 0 Å². The van der Waals surface area contributed by atoms with E-state index in [1.807, 2.05) is 42.5 Å². The zero-order valence-corrected chi connectivity index (χ0v) is 15.2. The summed E-state index contributed by atoms with van der Waals surface area (Å²) in [5, 5.41) is 10.7. The average molecular weight is 353 g/mol. The van der Waals surface area contributed by atoms with Crippen molar-refractivity contribution in [3.63, 3.8) is 0 Å². The Morgan fingerprint density at radius 2 is 1.96 bits per heavy atom. The standard InChI is InChI=1S/C19H19N3O2S/c1-4-22-18-11-15(24-2)9-10-16(18)17(12-20)19(22)13-5-7-14(8-6-13)21-25(3)23/h5-11,21H,4H2,1-3H3. The van der Waals surface area contributed by atoms with E-state index in [2.05, 4.69) is 22.3 Å². The molecular formula is C19H19N3O2S. The summed E-state index contributed by atoms with van der Waals surface area (Å²) in [4.78, 5) is 0. The topological polar surface area (TPSA) is 67.0 Å². The van der Waals surface area contributed by atoms with E-state index in [0.29, 0.717) is 5.56 Å². The van der Waals surface area contributed by atoms with Gasteiger partial charge in [0, 0.05) is 29.9 Å². The molecule has 0 amide bonds. The van der Waals surface area contributed by atoms with Crippen molar-refractivity contribution in [2.24, 2.45) is 0 Å². The number of hydrogen-bond donors (Lipinski definition) is 1. The minimum atomic E-state index is -1.12. The highest BCUT2D eigenvalue weighted by atomic mass is 32.2.